The number of aryl methyl sites for hydroxylation is 2. The van der Waals surface area contributed by atoms with Crippen LogP contribution in [0.25, 0.3) is 22.6 Å². The maximum Gasteiger partial charge on any atom is 0.328 e. The molecule has 0 atom stereocenters. The van der Waals surface area contributed by atoms with Gasteiger partial charge in [0.2, 0.25) is 5.91 Å². The summed E-state index contributed by atoms with van der Waals surface area (Å²) in [7, 11) is 0. The van der Waals surface area contributed by atoms with Crippen molar-refractivity contribution in [1.29, 1.82) is 0 Å². The lowest BCUT2D eigenvalue weighted by molar-refractivity contribution is -0.131. The van der Waals surface area contributed by atoms with Crippen molar-refractivity contribution in [2.24, 2.45) is 0 Å². The summed E-state index contributed by atoms with van der Waals surface area (Å²) in [5, 5.41) is 11.7. The summed E-state index contributed by atoms with van der Waals surface area (Å²) in [5.74, 6) is -1.20. The van der Waals surface area contributed by atoms with Gasteiger partial charge in [0.25, 0.3) is 0 Å². The number of amides is 1. The average molecular weight is 415 g/mol. The Morgan fingerprint density at radius 1 is 1.06 bits per heavy atom. The number of hydrogen-bond donors (Lipinski definition) is 2. The number of carboxylic acids is 1. The smallest absolute Gasteiger partial charge is 0.328 e. The minimum atomic E-state index is -1.21. The quantitative estimate of drug-likeness (QED) is 0.613. The number of nitrogens with one attached hydrogen (secondary N) is 1. The van der Waals surface area contributed by atoms with Crippen molar-refractivity contribution in [2.75, 3.05) is 5.32 Å². The molecule has 31 heavy (non-hydrogen) atoms. The molecule has 1 aromatic heterocycles. The Labute approximate surface area is 178 Å². The Morgan fingerprint density at radius 3 is 2.65 bits per heavy atom. The van der Waals surface area contributed by atoms with Gasteiger partial charge in [0.1, 0.15) is 11.3 Å². The minimum absolute atomic E-state index is 0.0655. The van der Waals surface area contributed by atoms with Gasteiger partial charge in [0, 0.05) is 29.5 Å². The number of allylic oxidation sites excluding steroid dienone is 1. The number of carbonyl (C=O) groups excluding carboxylic acids is 1. The highest BCUT2D eigenvalue weighted by molar-refractivity contribution is 6.03. The Kier molecular flexibility index (Phi) is 5.29. The van der Waals surface area contributed by atoms with E-state index < -0.39 is 11.9 Å². The standard InChI is InChI=1S/C25H21NO5/c1-14-3-4-15(2)17(11-14)12-16-5-7-20-24(30)19-8-6-18(13-21(19)31-25(16)20)26-22(27)9-10-23(28)29/h3-4,6,8-13H,5,7H2,1-2H3,(H,26,27)(H,28,29). The van der Waals surface area contributed by atoms with E-state index in [0.717, 1.165) is 40.8 Å². The zero-order valence-corrected chi connectivity index (χ0v) is 17.2. The van der Waals surface area contributed by atoms with Gasteiger partial charge in [-0.25, -0.2) is 4.79 Å². The number of fused-ring (bicyclic) bond motifs is 2. The van der Waals surface area contributed by atoms with E-state index in [1.807, 2.05) is 13.8 Å². The van der Waals surface area contributed by atoms with Crippen molar-refractivity contribution in [3.63, 3.8) is 0 Å². The number of aliphatic carboxylic acids is 1. The van der Waals surface area contributed by atoms with Crippen LogP contribution in [-0.2, 0) is 16.0 Å². The number of carboxylic acid groups (broad SMARTS) is 1. The van der Waals surface area contributed by atoms with Gasteiger partial charge >= 0.3 is 5.97 Å². The summed E-state index contributed by atoms with van der Waals surface area (Å²) in [6.07, 6.45) is 5.11. The highest BCUT2D eigenvalue weighted by Crippen LogP contribution is 2.35. The fourth-order valence-electron chi connectivity index (χ4n) is 3.74. The molecule has 2 aromatic carbocycles. The lowest BCUT2D eigenvalue weighted by atomic mass is 10.0. The van der Waals surface area contributed by atoms with Crippen LogP contribution in [0.1, 0.15) is 34.4 Å². The molecule has 1 amide bonds. The fourth-order valence-corrected chi connectivity index (χ4v) is 3.74. The second kappa shape index (κ2) is 8.07. The first kappa shape index (κ1) is 20.3. The molecule has 3 aromatic rings. The predicted octanol–water partition coefficient (Wildman–Crippen LogP) is 4.48. The van der Waals surface area contributed by atoms with E-state index in [4.69, 9.17) is 9.52 Å². The van der Waals surface area contributed by atoms with Gasteiger partial charge in [0.15, 0.2) is 5.43 Å². The Hall–Kier alpha value is -3.93. The lowest BCUT2D eigenvalue weighted by Gasteiger charge is -2.08. The van der Waals surface area contributed by atoms with Crippen LogP contribution in [0, 0.1) is 13.8 Å². The maximum atomic E-state index is 13.0. The van der Waals surface area contributed by atoms with Crippen LogP contribution in [0.5, 0.6) is 0 Å². The van der Waals surface area contributed by atoms with Gasteiger partial charge < -0.3 is 14.8 Å². The molecule has 0 radical (unpaired) electrons. The van der Waals surface area contributed by atoms with Crippen molar-refractivity contribution in [2.45, 2.75) is 26.7 Å². The summed E-state index contributed by atoms with van der Waals surface area (Å²) in [5.41, 5.74) is 5.76. The van der Waals surface area contributed by atoms with Crippen molar-refractivity contribution in [3.8, 4) is 0 Å². The van der Waals surface area contributed by atoms with Gasteiger partial charge in [-0.05, 0) is 61.6 Å². The number of anilines is 1. The van der Waals surface area contributed by atoms with E-state index in [-0.39, 0.29) is 5.43 Å². The largest absolute Gasteiger partial charge is 0.478 e. The van der Waals surface area contributed by atoms with Gasteiger partial charge in [-0.15, -0.1) is 0 Å². The Morgan fingerprint density at radius 2 is 1.87 bits per heavy atom. The third kappa shape index (κ3) is 4.19. The molecule has 1 aliphatic carbocycles. The Balaban J connectivity index is 1.74. The first-order chi connectivity index (χ1) is 14.8. The van der Waals surface area contributed by atoms with Gasteiger partial charge in [-0.1, -0.05) is 23.8 Å². The van der Waals surface area contributed by atoms with Crippen molar-refractivity contribution < 1.29 is 19.1 Å². The van der Waals surface area contributed by atoms with Crippen LogP contribution in [0.15, 0.2) is 57.8 Å². The van der Waals surface area contributed by atoms with E-state index in [1.165, 1.54) is 0 Å². The number of benzene rings is 2. The van der Waals surface area contributed by atoms with Crippen LogP contribution in [0.3, 0.4) is 0 Å². The third-order valence-electron chi connectivity index (χ3n) is 5.33. The van der Waals surface area contributed by atoms with E-state index in [1.54, 1.807) is 18.2 Å². The molecule has 6 nitrogen and oxygen atoms in total. The molecular weight excluding hydrogens is 394 g/mol. The van der Waals surface area contributed by atoms with Crippen LogP contribution in [-0.4, -0.2) is 17.0 Å². The van der Waals surface area contributed by atoms with Crippen molar-refractivity contribution in [1.82, 2.24) is 0 Å². The predicted molar refractivity (Wildman–Crippen MR) is 120 cm³/mol. The zero-order chi connectivity index (χ0) is 22.1. The summed E-state index contributed by atoms with van der Waals surface area (Å²) in [6, 6.07) is 11.0. The molecule has 0 aliphatic heterocycles. The second-order valence-corrected chi connectivity index (χ2v) is 7.64. The Bertz CT molecular complexity index is 1340. The molecule has 1 aliphatic rings. The number of hydrogen-bond acceptors (Lipinski definition) is 4. The van der Waals surface area contributed by atoms with E-state index in [2.05, 4.69) is 29.6 Å². The molecule has 2 N–H and O–H groups in total. The molecule has 0 fully saturated rings. The van der Waals surface area contributed by atoms with Crippen LogP contribution in [0.4, 0.5) is 5.69 Å². The van der Waals surface area contributed by atoms with E-state index in [0.29, 0.717) is 34.4 Å². The molecule has 0 saturated heterocycles. The second-order valence-electron chi connectivity index (χ2n) is 7.64. The monoisotopic (exact) mass is 415 g/mol. The SMILES string of the molecule is Cc1ccc(C)c(C=C2CCc3c2oc2cc(NC(=O)C=CC(=O)O)ccc2c3=O)c1. The molecular formula is C25H21NO5. The molecule has 6 heteroatoms. The lowest BCUT2D eigenvalue weighted by Crippen LogP contribution is -2.11. The third-order valence-corrected chi connectivity index (χ3v) is 5.33. The molecule has 156 valence electrons. The molecule has 4 rings (SSSR count). The average Bonchev–Trinajstić information content (AvgIpc) is 3.12. The molecule has 0 bridgehead atoms. The topological polar surface area (TPSA) is 96.6 Å². The summed E-state index contributed by atoms with van der Waals surface area (Å²) in [6.45, 7) is 4.09. The maximum absolute atomic E-state index is 13.0. The molecule has 0 saturated carbocycles. The highest BCUT2D eigenvalue weighted by atomic mass is 16.4. The molecule has 0 unspecified atom stereocenters. The summed E-state index contributed by atoms with van der Waals surface area (Å²) >= 11 is 0. The van der Waals surface area contributed by atoms with Gasteiger partial charge in [0.05, 0.1) is 5.39 Å². The molecule has 1 heterocycles. The minimum Gasteiger partial charge on any atom is -0.478 e. The fraction of sp³-hybridized carbons (Fsp3) is 0.160. The van der Waals surface area contributed by atoms with E-state index >= 15 is 0 Å². The number of carbonyl (C=O) groups is 2. The normalized spacial score (nSPS) is 14.3. The van der Waals surface area contributed by atoms with Crippen molar-refractivity contribution in [3.05, 3.63) is 86.8 Å². The highest BCUT2D eigenvalue weighted by Gasteiger charge is 2.24. The van der Waals surface area contributed by atoms with Gasteiger partial charge in [-0.2, -0.15) is 0 Å². The zero-order valence-electron chi connectivity index (χ0n) is 17.2. The molecule has 0 spiro atoms. The van der Waals surface area contributed by atoms with Gasteiger partial charge in [-0.3, -0.25) is 9.59 Å². The first-order valence-electron chi connectivity index (χ1n) is 9.92. The van der Waals surface area contributed by atoms with Crippen LogP contribution < -0.4 is 10.7 Å². The van der Waals surface area contributed by atoms with Crippen LogP contribution in [0.2, 0.25) is 0 Å². The summed E-state index contributed by atoms with van der Waals surface area (Å²) < 4.78 is 6.13. The number of rotatable bonds is 4. The first-order valence-corrected chi connectivity index (χ1v) is 9.92. The van der Waals surface area contributed by atoms with Crippen molar-refractivity contribution >= 4 is 40.2 Å². The van der Waals surface area contributed by atoms with Crippen LogP contribution >= 0.6 is 0 Å². The van der Waals surface area contributed by atoms with E-state index in [9.17, 15) is 14.4 Å². The summed E-state index contributed by atoms with van der Waals surface area (Å²) in [4.78, 5) is 35.4.